The molecule has 0 radical (unpaired) electrons. The zero-order chi connectivity index (χ0) is 11.8. The lowest BCUT2D eigenvalue weighted by molar-refractivity contribution is 0.300. The second kappa shape index (κ2) is 4.31. The summed E-state index contributed by atoms with van der Waals surface area (Å²) in [6.07, 6.45) is 0. The van der Waals surface area contributed by atoms with Crippen LogP contribution in [0.4, 0.5) is 0 Å². The van der Waals surface area contributed by atoms with Crippen molar-refractivity contribution < 1.29 is 5.11 Å². The molecule has 0 saturated carbocycles. The van der Waals surface area contributed by atoms with Gasteiger partial charge in [0, 0.05) is 25.2 Å². The summed E-state index contributed by atoms with van der Waals surface area (Å²) in [4.78, 5) is 2.48. The van der Waals surface area contributed by atoms with E-state index in [1.54, 1.807) is 0 Å². The minimum atomic E-state index is 0.436. The third-order valence-electron chi connectivity index (χ3n) is 4.09. The summed E-state index contributed by atoms with van der Waals surface area (Å²) in [6, 6.07) is 5.87. The molecule has 0 unspecified atom stereocenters. The van der Waals surface area contributed by atoms with Crippen molar-refractivity contribution in [3.63, 3.8) is 0 Å². The minimum Gasteiger partial charge on any atom is -0.508 e. The molecule has 2 atom stereocenters. The van der Waals surface area contributed by atoms with Crippen LogP contribution in [0, 0.1) is 18.8 Å². The average molecular weight is 232 g/mol. The SMILES string of the molecule is Cc1ccc(O)c(CN2C[C@H]3CNC[C@H]3C2)c1. The van der Waals surface area contributed by atoms with Crippen LogP contribution in [0.2, 0.25) is 0 Å². The standard InChI is InChI=1S/C14H20N2O/c1-10-2-3-14(17)11(4-10)7-16-8-12-5-15-6-13(12)9-16/h2-4,12-13,15,17H,5-9H2,1H3/t12-,13+. The first kappa shape index (κ1) is 11.1. The number of hydrogen-bond acceptors (Lipinski definition) is 3. The largest absolute Gasteiger partial charge is 0.508 e. The van der Waals surface area contributed by atoms with Crippen LogP contribution in [0.3, 0.4) is 0 Å². The Bertz CT molecular complexity index is 407. The number of likely N-dealkylation sites (tertiary alicyclic amines) is 1. The van der Waals surface area contributed by atoms with Gasteiger partial charge >= 0.3 is 0 Å². The molecule has 17 heavy (non-hydrogen) atoms. The van der Waals surface area contributed by atoms with Gasteiger partial charge in [0.2, 0.25) is 0 Å². The number of aromatic hydroxyl groups is 1. The molecule has 1 aromatic carbocycles. The number of phenolic OH excluding ortho intramolecular Hbond substituents is 1. The molecular formula is C14H20N2O. The molecular weight excluding hydrogens is 212 g/mol. The van der Waals surface area contributed by atoms with Crippen LogP contribution in [0.15, 0.2) is 18.2 Å². The van der Waals surface area contributed by atoms with E-state index in [1.165, 1.54) is 31.7 Å². The van der Waals surface area contributed by atoms with Crippen LogP contribution < -0.4 is 5.32 Å². The molecule has 0 spiro atoms. The van der Waals surface area contributed by atoms with Gasteiger partial charge in [0.25, 0.3) is 0 Å². The van der Waals surface area contributed by atoms with Gasteiger partial charge in [0.1, 0.15) is 5.75 Å². The second-order valence-corrected chi connectivity index (χ2v) is 5.50. The van der Waals surface area contributed by atoms with Gasteiger partial charge < -0.3 is 10.4 Å². The molecule has 3 heteroatoms. The minimum absolute atomic E-state index is 0.436. The first-order valence-electron chi connectivity index (χ1n) is 6.44. The second-order valence-electron chi connectivity index (χ2n) is 5.50. The molecule has 2 aliphatic rings. The van der Waals surface area contributed by atoms with Crippen LogP contribution in [0.5, 0.6) is 5.75 Å². The van der Waals surface area contributed by atoms with E-state index in [9.17, 15) is 5.11 Å². The van der Waals surface area contributed by atoms with Crippen molar-refractivity contribution in [2.45, 2.75) is 13.5 Å². The van der Waals surface area contributed by atoms with Crippen LogP contribution in [-0.4, -0.2) is 36.2 Å². The monoisotopic (exact) mass is 232 g/mol. The predicted octanol–water partition coefficient (Wildman–Crippen LogP) is 1.35. The Kier molecular flexibility index (Phi) is 2.81. The fraction of sp³-hybridized carbons (Fsp3) is 0.571. The molecule has 0 aromatic heterocycles. The Morgan fingerprint density at radius 3 is 2.71 bits per heavy atom. The van der Waals surface area contributed by atoms with Gasteiger partial charge in [-0.15, -0.1) is 0 Å². The summed E-state index contributed by atoms with van der Waals surface area (Å²) in [7, 11) is 0. The number of aryl methyl sites for hydroxylation is 1. The highest BCUT2D eigenvalue weighted by atomic mass is 16.3. The number of hydrogen-bond donors (Lipinski definition) is 2. The topological polar surface area (TPSA) is 35.5 Å². The average Bonchev–Trinajstić information content (AvgIpc) is 2.83. The summed E-state index contributed by atoms with van der Waals surface area (Å²) < 4.78 is 0. The number of phenols is 1. The van der Waals surface area contributed by atoms with Crippen LogP contribution in [-0.2, 0) is 6.54 Å². The van der Waals surface area contributed by atoms with E-state index < -0.39 is 0 Å². The zero-order valence-electron chi connectivity index (χ0n) is 10.3. The van der Waals surface area contributed by atoms with Gasteiger partial charge in [-0.1, -0.05) is 17.7 Å². The Morgan fingerprint density at radius 1 is 1.29 bits per heavy atom. The first-order chi connectivity index (χ1) is 8.22. The van der Waals surface area contributed by atoms with Gasteiger partial charge in [-0.3, -0.25) is 4.90 Å². The van der Waals surface area contributed by atoms with Gasteiger partial charge in [-0.2, -0.15) is 0 Å². The molecule has 2 fully saturated rings. The summed E-state index contributed by atoms with van der Waals surface area (Å²) in [5.41, 5.74) is 2.29. The molecule has 3 nitrogen and oxygen atoms in total. The van der Waals surface area contributed by atoms with Crippen LogP contribution in [0.25, 0.3) is 0 Å². The summed E-state index contributed by atoms with van der Waals surface area (Å²) >= 11 is 0. The number of nitrogens with zero attached hydrogens (tertiary/aromatic N) is 1. The Morgan fingerprint density at radius 2 is 2.00 bits per heavy atom. The lowest BCUT2D eigenvalue weighted by Crippen LogP contribution is -2.25. The maximum Gasteiger partial charge on any atom is 0.120 e. The van der Waals surface area contributed by atoms with Crippen molar-refractivity contribution in [2.24, 2.45) is 11.8 Å². The maximum atomic E-state index is 9.86. The number of rotatable bonds is 2. The molecule has 0 bridgehead atoms. The lowest BCUT2D eigenvalue weighted by atomic mass is 10.0. The molecule has 2 aliphatic heterocycles. The van der Waals surface area contributed by atoms with Crippen LogP contribution >= 0.6 is 0 Å². The molecule has 3 rings (SSSR count). The number of benzene rings is 1. The van der Waals surface area contributed by atoms with Gasteiger partial charge in [0.05, 0.1) is 0 Å². The third kappa shape index (κ3) is 2.17. The van der Waals surface area contributed by atoms with E-state index in [1.807, 2.05) is 12.1 Å². The fourth-order valence-electron chi connectivity index (χ4n) is 3.16. The third-order valence-corrected chi connectivity index (χ3v) is 4.09. The molecule has 2 heterocycles. The van der Waals surface area contributed by atoms with E-state index in [4.69, 9.17) is 0 Å². The zero-order valence-corrected chi connectivity index (χ0v) is 10.3. The van der Waals surface area contributed by atoms with Gasteiger partial charge in [-0.05, 0) is 37.9 Å². The van der Waals surface area contributed by atoms with Crippen molar-refractivity contribution in [1.82, 2.24) is 10.2 Å². The van der Waals surface area contributed by atoms with Crippen molar-refractivity contribution >= 4 is 0 Å². The summed E-state index contributed by atoms with van der Waals surface area (Å²) in [5, 5.41) is 13.3. The highest BCUT2D eigenvalue weighted by Crippen LogP contribution is 2.29. The predicted molar refractivity (Wildman–Crippen MR) is 68.0 cm³/mol. The van der Waals surface area contributed by atoms with Gasteiger partial charge in [0.15, 0.2) is 0 Å². The van der Waals surface area contributed by atoms with Crippen molar-refractivity contribution in [2.75, 3.05) is 26.2 Å². The maximum absolute atomic E-state index is 9.86. The summed E-state index contributed by atoms with van der Waals surface area (Å²) in [5.74, 6) is 2.08. The normalized spacial score (nSPS) is 28.5. The molecule has 2 N–H and O–H groups in total. The van der Waals surface area contributed by atoms with Crippen molar-refractivity contribution in [3.8, 4) is 5.75 Å². The van der Waals surface area contributed by atoms with Gasteiger partial charge in [-0.25, -0.2) is 0 Å². The lowest BCUT2D eigenvalue weighted by Gasteiger charge is -2.18. The first-order valence-corrected chi connectivity index (χ1v) is 6.44. The number of fused-ring (bicyclic) bond motifs is 1. The van der Waals surface area contributed by atoms with Crippen molar-refractivity contribution in [1.29, 1.82) is 0 Å². The van der Waals surface area contributed by atoms with E-state index in [2.05, 4.69) is 23.2 Å². The van der Waals surface area contributed by atoms with E-state index >= 15 is 0 Å². The Labute approximate surface area is 102 Å². The molecule has 1 aromatic rings. The Balaban J connectivity index is 1.69. The molecule has 92 valence electrons. The van der Waals surface area contributed by atoms with Crippen LogP contribution in [0.1, 0.15) is 11.1 Å². The van der Waals surface area contributed by atoms with Crippen molar-refractivity contribution in [3.05, 3.63) is 29.3 Å². The quantitative estimate of drug-likeness (QED) is 0.808. The highest BCUT2D eigenvalue weighted by Gasteiger charge is 2.35. The van der Waals surface area contributed by atoms with E-state index in [0.29, 0.717) is 5.75 Å². The Hall–Kier alpha value is -1.06. The fourth-order valence-corrected chi connectivity index (χ4v) is 3.16. The smallest absolute Gasteiger partial charge is 0.120 e. The molecule has 0 amide bonds. The molecule has 0 aliphatic carbocycles. The highest BCUT2D eigenvalue weighted by molar-refractivity contribution is 5.35. The van der Waals surface area contributed by atoms with E-state index in [0.717, 1.165) is 23.9 Å². The van der Waals surface area contributed by atoms with E-state index in [-0.39, 0.29) is 0 Å². The molecule has 2 saturated heterocycles. The number of nitrogens with one attached hydrogen (secondary N) is 1. The summed E-state index contributed by atoms with van der Waals surface area (Å²) in [6.45, 7) is 7.64.